The zero-order chi connectivity index (χ0) is 15.1. The maximum atomic E-state index is 10.8. The van der Waals surface area contributed by atoms with Gasteiger partial charge < -0.3 is 9.47 Å². The number of hydrogen-bond donors (Lipinski definition) is 0. The Hall–Kier alpha value is -2.46. The predicted octanol–water partition coefficient (Wildman–Crippen LogP) is 2.95. The van der Waals surface area contributed by atoms with E-state index in [-0.39, 0.29) is 6.47 Å². The molecule has 4 nitrogen and oxygen atoms in total. The van der Waals surface area contributed by atoms with Crippen LogP contribution in [0.15, 0.2) is 66.7 Å². The number of ether oxygens (including phenoxy) is 2. The van der Waals surface area contributed by atoms with Gasteiger partial charge in [-0.2, -0.15) is 0 Å². The summed E-state index contributed by atoms with van der Waals surface area (Å²) in [4.78, 5) is 20.5. The van der Waals surface area contributed by atoms with Crippen LogP contribution in [-0.2, 0) is 14.3 Å². The van der Waals surface area contributed by atoms with E-state index in [4.69, 9.17) is 0 Å². The first-order valence-electron chi connectivity index (χ1n) is 5.86. The molecule has 2 aromatic carbocycles. The van der Waals surface area contributed by atoms with Crippen molar-refractivity contribution < 1.29 is 19.1 Å². The van der Waals surface area contributed by atoms with E-state index in [0.29, 0.717) is 5.56 Å². The summed E-state index contributed by atoms with van der Waals surface area (Å²) in [7, 11) is 3.25. The van der Waals surface area contributed by atoms with E-state index in [0.717, 1.165) is 0 Å². The molecule has 0 atom stereocenters. The number of esters is 1. The van der Waals surface area contributed by atoms with Crippen LogP contribution < -0.4 is 0 Å². The lowest BCUT2D eigenvalue weighted by molar-refractivity contribution is -0.123. The highest BCUT2D eigenvalue weighted by molar-refractivity contribution is 5.92. The minimum Gasteiger partial charge on any atom is -0.392 e. The third-order valence-corrected chi connectivity index (χ3v) is 1.83. The molecule has 0 aromatic heterocycles. The van der Waals surface area contributed by atoms with Gasteiger partial charge >= 0.3 is 12.4 Å². The average Bonchev–Trinajstić information content (AvgIpc) is 2.52. The molecule has 0 unspecified atom stereocenters. The van der Waals surface area contributed by atoms with Gasteiger partial charge in [-0.3, -0.25) is 4.79 Å². The Morgan fingerprint density at radius 1 is 0.850 bits per heavy atom. The average molecular weight is 274 g/mol. The molecule has 0 aliphatic rings. The summed E-state index contributed by atoms with van der Waals surface area (Å²) < 4.78 is 8.36. The van der Waals surface area contributed by atoms with Gasteiger partial charge in [-0.15, -0.1) is 0 Å². The van der Waals surface area contributed by atoms with Crippen molar-refractivity contribution in [3.63, 3.8) is 0 Å². The number of carbonyl (C=O) groups is 2. The lowest BCUT2D eigenvalue weighted by atomic mass is 10.2. The van der Waals surface area contributed by atoms with Crippen molar-refractivity contribution in [1.29, 1.82) is 0 Å². The zero-order valence-corrected chi connectivity index (χ0v) is 11.6. The summed E-state index contributed by atoms with van der Waals surface area (Å²) in [6, 6.07) is 20.3. The number of benzene rings is 2. The Kier molecular flexibility index (Phi) is 11.4. The van der Waals surface area contributed by atoms with Gasteiger partial charge in [0.15, 0.2) is 0 Å². The fourth-order valence-electron chi connectivity index (χ4n) is 1.07. The quantitative estimate of drug-likeness (QED) is 0.480. The first-order chi connectivity index (χ1) is 9.76. The van der Waals surface area contributed by atoms with E-state index in [9.17, 15) is 9.59 Å². The van der Waals surface area contributed by atoms with E-state index in [1.54, 1.807) is 44.6 Å². The summed E-state index contributed by atoms with van der Waals surface area (Å²) in [5.74, 6) is -0.624. The Morgan fingerprint density at radius 3 is 1.55 bits per heavy atom. The van der Waals surface area contributed by atoms with Crippen molar-refractivity contribution in [2.75, 3.05) is 14.2 Å². The summed E-state index contributed by atoms with van der Waals surface area (Å²) in [6.45, 7) is 0.120. The van der Waals surface area contributed by atoms with Crippen molar-refractivity contribution in [2.45, 2.75) is 0 Å². The predicted molar refractivity (Wildman–Crippen MR) is 77.3 cm³/mol. The van der Waals surface area contributed by atoms with Crippen molar-refractivity contribution in [2.24, 2.45) is 0 Å². The molecule has 0 saturated carbocycles. The van der Waals surface area contributed by atoms with Gasteiger partial charge in [0, 0.05) is 14.2 Å². The molecule has 0 aliphatic heterocycles. The molecule has 0 spiro atoms. The molecule has 2 rings (SSSR count). The fraction of sp³-hybridized carbons (Fsp3) is 0.125. The molecule has 0 heterocycles. The summed E-state index contributed by atoms with van der Waals surface area (Å²) >= 11 is 0. The van der Waals surface area contributed by atoms with Gasteiger partial charge in [-0.25, -0.2) is 4.79 Å². The van der Waals surface area contributed by atoms with Gasteiger partial charge in [0.05, 0.1) is 5.56 Å². The van der Waals surface area contributed by atoms with Crippen LogP contribution in [0.2, 0.25) is 0 Å². The van der Waals surface area contributed by atoms with Crippen LogP contribution in [0.25, 0.3) is 0 Å². The molecule has 2 aromatic rings. The van der Waals surface area contributed by atoms with Crippen molar-refractivity contribution in [3.8, 4) is 0 Å². The van der Waals surface area contributed by atoms with Crippen LogP contribution >= 0.6 is 0 Å². The lowest BCUT2D eigenvalue weighted by Crippen LogP contribution is -2.02. The van der Waals surface area contributed by atoms with Crippen molar-refractivity contribution in [1.82, 2.24) is 0 Å². The highest BCUT2D eigenvalue weighted by Crippen LogP contribution is 1.99. The van der Waals surface area contributed by atoms with E-state index < -0.39 is 5.97 Å². The van der Waals surface area contributed by atoms with E-state index in [2.05, 4.69) is 9.47 Å². The molecule has 4 heteroatoms. The standard InChI is InChI=1S/C8H6O3.C6H6.C2H6O/c9-6-11-8(10)7-4-2-1-3-5-7;1-2-4-6-5-3-1;1-3-2/h1-6H;1-6H;1-2H3. The van der Waals surface area contributed by atoms with Gasteiger partial charge in [0.1, 0.15) is 0 Å². The van der Waals surface area contributed by atoms with Crippen molar-refractivity contribution in [3.05, 3.63) is 72.3 Å². The first kappa shape index (κ1) is 17.5. The van der Waals surface area contributed by atoms with E-state index in [1.165, 1.54) is 0 Å². The minimum absolute atomic E-state index is 0.120. The maximum Gasteiger partial charge on any atom is 0.345 e. The van der Waals surface area contributed by atoms with Gasteiger partial charge in [-0.1, -0.05) is 54.6 Å². The Labute approximate surface area is 119 Å². The first-order valence-corrected chi connectivity index (χ1v) is 5.86. The Bertz CT molecular complexity index is 428. The SMILES string of the molecule is COC.O=COC(=O)c1ccccc1.c1ccccc1. The Morgan fingerprint density at radius 2 is 1.20 bits per heavy atom. The van der Waals surface area contributed by atoms with Crippen LogP contribution in [0.5, 0.6) is 0 Å². The molecule has 0 amide bonds. The maximum absolute atomic E-state index is 10.8. The highest BCUT2D eigenvalue weighted by Gasteiger charge is 2.03. The van der Waals surface area contributed by atoms with Crippen LogP contribution in [0.4, 0.5) is 0 Å². The second-order valence-corrected chi connectivity index (χ2v) is 3.43. The second-order valence-electron chi connectivity index (χ2n) is 3.43. The Balaban J connectivity index is 0.000000336. The van der Waals surface area contributed by atoms with Gasteiger partial charge in [0.2, 0.25) is 0 Å². The molecule has 0 radical (unpaired) electrons. The van der Waals surface area contributed by atoms with Gasteiger partial charge in [-0.05, 0) is 12.1 Å². The van der Waals surface area contributed by atoms with Crippen LogP contribution in [-0.4, -0.2) is 26.7 Å². The third-order valence-electron chi connectivity index (χ3n) is 1.83. The smallest absolute Gasteiger partial charge is 0.345 e. The topological polar surface area (TPSA) is 52.6 Å². The normalized spacial score (nSPS) is 8.10. The molecular formula is C16H18O4. The molecule has 106 valence electrons. The highest BCUT2D eigenvalue weighted by atomic mass is 16.6. The van der Waals surface area contributed by atoms with Crippen LogP contribution in [0, 0.1) is 0 Å². The van der Waals surface area contributed by atoms with E-state index in [1.807, 2.05) is 36.4 Å². The summed E-state index contributed by atoms with van der Waals surface area (Å²) in [6.07, 6.45) is 0. The van der Waals surface area contributed by atoms with E-state index >= 15 is 0 Å². The third kappa shape index (κ3) is 9.56. The summed E-state index contributed by atoms with van der Waals surface area (Å²) in [5, 5.41) is 0. The fourth-order valence-corrected chi connectivity index (χ4v) is 1.07. The zero-order valence-electron chi connectivity index (χ0n) is 11.6. The summed E-state index contributed by atoms with van der Waals surface area (Å²) in [5.41, 5.74) is 0.375. The second kappa shape index (κ2) is 13.0. The molecular weight excluding hydrogens is 256 g/mol. The lowest BCUT2D eigenvalue weighted by Gasteiger charge is -1.94. The molecule has 0 aliphatic carbocycles. The number of rotatable bonds is 2. The monoisotopic (exact) mass is 274 g/mol. The number of hydrogen-bond acceptors (Lipinski definition) is 4. The minimum atomic E-state index is -0.624. The van der Waals surface area contributed by atoms with Crippen LogP contribution in [0.1, 0.15) is 10.4 Å². The molecule has 0 fully saturated rings. The number of carbonyl (C=O) groups excluding carboxylic acids is 2. The molecule has 20 heavy (non-hydrogen) atoms. The van der Waals surface area contributed by atoms with Crippen molar-refractivity contribution >= 4 is 12.4 Å². The largest absolute Gasteiger partial charge is 0.392 e. The van der Waals surface area contributed by atoms with Gasteiger partial charge in [0.25, 0.3) is 0 Å². The number of methoxy groups -OCH3 is 1. The molecule has 0 bridgehead atoms. The molecule has 0 saturated heterocycles. The van der Waals surface area contributed by atoms with Crippen LogP contribution in [0.3, 0.4) is 0 Å². The molecule has 0 N–H and O–H groups in total.